The van der Waals surface area contributed by atoms with Crippen LogP contribution in [-0.2, 0) is 10.0 Å². The van der Waals surface area contributed by atoms with Crippen molar-refractivity contribution in [2.45, 2.75) is 57.9 Å². The van der Waals surface area contributed by atoms with Crippen LogP contribution in [0.15, 0.2) is 0 Å². The van der Waals surface area contributed by atoms with E-state index in [0.717, 1.165) is 32.1 Å². The summed E-state index contributed by atoms with van der Waals surface area (Å²) in [6.45, 7) is 2.08. The normalized spacial score (nSPS) is 18.9. The first-order chi connectivity index (χ1) is 6.64. The highest BCUT2D eigenvalue weighted by molar-refractivity contribution is 7.89. The molecule has 0 aromatic heterocycles. The van der Waals surface area contributed by atoms with Crippen LogP contribution in [0, 0.1) is 0 Å². The van der Waals surface area contributed by atoms with Gasteiger partial charge >= 0.3 is 0 Å². The summed E-state index contributed by atoms with van der Waals surface area (Å²) in [4.78, 5) is 0. The Hall–Kier alpha value is -0.0900. The van der Waals surface area contributed by atoms with Gasteiger partial charge in [-0.2, -0.15) is 0 Å². The van der Waals surface area contributed by atoms with Gasteiger partial charge in [0, 0.05) is 6.04 Å². The van der Waals surface area contributed by atoms with E-state index in [9.17, 15) is 8.42 Å². The lowest BCUT2D eigenvalue weighted by Crippen LogP contribution is -2.34. The van der Waals surface area contributed by atoms with Gasteiger partial charge in [0.05, 0.1) is 5.75 Å². The second-order valence-electron chi connectivity index (χ2n) is 4.13. The third-order valence-corrected chi connectivity index (χ3v) is 4.24. The fourth-order valence-corrected chi connectivity index (χ4v) is 3.34. The van der Waals surface area contributed by atoms with Crippen molar-refractivity contribution in [2.75, 3.05) is 5.75 Å². The molecule has 1 aliphatic carbocycles. The van der Waals surface area contributed by atoms with E-state index < -0.39 is 10.0 Å². The van der Waals surface area contributed by atoms with E-state index in [-0.39, 0.29) is 6.04 Å². The minimum Gasteiger partial charge on any atom is -0.212 e. The molecule has 1 fully saturated rings. The molecule has 0 spiro atoms. The number of hydrogen-bond acceptors (Lipinski definition) is 2. The molecule has 0 saturated heterocycles. The molecule has 0 atom stereocenters. The van der Waals surface area contributed by atoms with Crippen molar-refractivity contribution in [1.82, 2.24) is 4.72 Å². The van der Waals surface area contributed by atoms with Crippen LogP contribution in [0.4, 0.5) is 0 Å². The van der Waals surface area contributed by atoms with E-state index in [1.54, 1.807) is 0 Å². The van der Waals surface area contributed by atoms with Crippen LogP contribution in [0.3, 0.4) is 0 Å². The van der Waals surface area contributed by atoms with Gasteiger partial charge in [0.25, 0.3) is 0 Å². The Kier molecular flexibility index (Phi) is 4.89. The molecular formula is C10H21NO2S. The maximum atomic E-state index is 11.6. The summed E-state index contributed by atoms with van der Waals surface area (Å²) in [5.74, 6) is 0.303. The monoisotopic (exact) mass is 219 g/mol. The second-order valence-corrected chi connectivity index (χ2v) is 6.00. The van der Waals surface area contributed by atoms with E-state index >= 15 is 0 Å². The molecule has 0 amide bonds. The van der Waals surface area contributed by atoms with Crippen LogP contribution < -0.4 is 4.72 Å². The number of unbranched alkanes of at least 4 members (excludes halogenated alkanes) is 2. The van der Waals surface area contributed by atoms with E-state index in [1.807, 2.05) is 0 Å². The lowest BCUT2D eigenvalue weighted by Gasteiger charge is -2.11. The molecule has 4 heteroatoms. The quantitative estimate of drug-likeness (QED) is 0.695. The van der Waals surface area contributed by atoms with Gasteiger partial charge in [-0.15, -0.1) is 0 Å². The molecule has 0 heterocycles. The lowest BCUT2D eigenvalue weighted by molar-refractivity contribution is 0.548. The topological polar surface area (TPSA) is 46.2 Å². The van der Waals surface area contributed by atoms with Gasteiger partial charge in [-0.1, -0.05) is 32.6 Å². The van der Waals surface area contributed by atoms with Crippen molar-refractivity contribution in [3.8, 4) is 0 Å². The molecule has 0 aromatic rings. The average molecular weight is 219 g/mol. The van der Waals surface area contributed by atoms with E-state index in [0.29, 0.717) is 5.75 Å². The number of sulfonamides is 1. The molecular weight excluding hydrogens is 198 g/mol. The van der Waals surface area contributed by atoms with Gasteiger partial charge in [-0.25, -0.2) is 13.1 Å². The average Bonchev–Trinajstić information content (AvgIpc) is 2.56. The Morgan fingerprint density at radius 1 is 1.21 bits per heavy atom. The maximum absolute atomic E-state index is 11.6. The first-order valence-electron chi connectivity index (χ1n) is 5.64. The number of nitrogens with one attached hydrogen (secondary N) is 1. The predicted octanol–water partition coefficient (Wildman–Crippen LogP) is 2.04. The molecule has 0 unspecified atom stereocenters. The molecule has 0 radical (unpaired) electrons. The number of hydrogen-bond donors (Lipinski definition) is 1. The van der Waals surface area contributed by atoms with Crippen molar-refractivity contribution < 1.29 is 8.42 Å². The summed E-state index contributed by atoms with van der Waals surface area (Å²) in [5.41, 5.74) is 0. The van der Waals surface area contributed by atoms with Gasteiger partial charge in [0.15, 0.2) is 0 Å². The van der Waals surface area contributed by atoms with Crippen LogP contribution in [0.5, 0.6) is 0 Å². The van der Waals surface area contributed by atoms with Gasteiger partial charge in [0.2, 0.25) is 10.0 Å². The maximum Gasteiger partial charge on any atom is 0.211 e. The molecule has 1 saturated carbocycles. The molecule has 0 bridgehead atoms. The molecule has 84 valence electrons. The Morgan fingerprint density at radius 3 is 2.43 bits per heavy atom. The largest absolute Gasteiger partial charge is 0.212 e. The van der Waals surface area contributed by atoms with Crippen molar-refractivity contribution in [3.05, 3.63) is 0 Å². The Labute approximate surface area is 87.3 Å². The fourth-order valence-electron chi connectivity index (χ4n) is 1.90. The molecule has 1 aliphatic rings. The minimum absolute atomic E-state index is 0.224. The zero-order chi connectivity index (χ0) is 10.4. The van der Waals surface area contributed by atoms with Crippen molar-refractivity contribution in [3.63, 3.8) is 0 Å². The second kappa shape index (κ2) is 5.71. The SMILES string of the molecule is CCCCCS(=O)(=O)NC1CCCC1. The van der Waals surface area contributed by atoms with Crippen molar-refractivity contribution >= 4 is 10.0 Å². The van der Waals surface area contributed by atoms with Crippen LogP contribution in [0.2, 0.25) is 0 Å². The third kappa shape index (κ3) is 4.42. The highest BCUT2D eigenvalue weighted by Gasteiger charge is 2.20. The number of rotatable bonds is 6. The molecule has 1 rings (SSSR count). The van der Waals surface area contributed by atoms with E-state index in [2.05, 4.69) is 11.6 Å². The summed E-state index contributed by atoms with van der Waals surface area (Å²) in [7, 11) is -2.99. The smallest absolute Gasteiger partial charge is 0.211 e. The van der Waals surface area contributed by atoms with E-state index in [4.69, 9.17) is 0 Å². The zero-order valence-electron chi connectivity index (χ0n) is 8.96. The summed E-state index contributed by atoms with van der Waals surface area (Å²) < 4.78 is 25.9. The molecule has 14 heavy (non-hydrogen) atoms. The molecule has 0 aliphatic heterocycles. The summed E-state index contributed by atoms with van der Waals surface area (Å²) >= 11 is 0. The Bertz CT molecular complexity index is 243. The summed E-state index contributed by atoms with van der Waals surface area (Å²) in [5, 5.41) is 0. The standard InChI is InChI=1S/C10H21NO2S/c1-2-3-6-9-14(12,13)11-10-7-4-5-8-10/h10-11H,2-9H2,1H3. The lowest BCUT2D eigenvalue weighted by atomic mass is 10.3. The first kappa shape index (κ1) is 12.0. The van der Waals surface area contributed by atoms with Crippen LogP contribution in [-0.4, -0.2) is 20.2 Å². The fraction of sp³-hybridized carbons (Fsp3) is 1.00. The van der Waals surface area contributed by atoms with Crippen LogP contribution >= 0.6 is 0 Å². The summed E-state index contributed by atoms with van der Waals surface area (Å²) in [6, 6.07) is 0.224. The van der Waals surface area contributed by atoms with Crippen molar-refractivity contribution in [1.29, 1.82) is 0 Å². The van der Waals surface area contributed by atoms with Gasteiger partial charge < -0.3 is 0 Å². The van der Waals surface area contributed by atoms with Gasteiger partial charge in [0.1, 0.15) is 0 Å². The predicted molar refractivity (Wildman–Crippen MR) is 58.7 cm³/mol. The Balaban J connectivity index is 2.26. The zero-order valence-corrected chi connectivity index (χ0v) is 9.78. The molecule has 3 nitrogen and oxygen atoms in total. The minimum atomic E-state index is -2.99. The molecule has 0 aromatic carbocycles. The van der Waals surface area contributed by atoms with Crippen molar-refractivity contribution in [2.24, 2.45) is 0 Å². The van der Waals surface area contributed by atoms with Gasteiger partial charge in [-0.05, 0) is 19.3 Å². The van der Waals surface area contributed by atoms with E-state index in [1.165, 1.54) is 12.8 Å². The van der Waals surface area contributed by atoms with Crippen LogP contribution in [0.25, 0.3) is 0 Å². The first-order valence-corrected chi connectivity index (χ1v) is 7.29. The van der Waals surface area contributed by atoms with Gasteiger partial charge in [-0.3, -0.25) is 0 Å². The third-order valence-electron chi connectivity index (χ3n) is 2.72. The Morgan fingerprint density at radius 2 is 1.86 bits per heavy atom. The highest BCUT2D eigenvalue weighted by Crippen LogP contribution is 2.18. The van der Waals surface area contributed by atoms with Crippen LogP contribution in [0.1, 0.15) is 51.9 Å². The molecule has 1 N–H and O–H groups in total. The highest BCUT2D eigenvalue weighted by atomic mass is 32.2. The summed E-state index contributed by atoms with van der Waals surface area (Å²) in [6.07, 6.45) is 7.24.